The first-order valence-electron chi connectivity index (χ1n) is 9.16. The lowest BCUT2D eigenvalue weighted by atomic mass is 10.1. The molecular formula is C19H27ClN2O3. The molecule has 0 spiro atoms. The predicted molar refractivity (Wildman–Crippen MR) is 98.0 cm³/mol. The van der Waals surface area contributed by atoms with Crippen LogP contribution in [0.2, 0.25) is 5.02 Å². The summed E-state index contributed by atoms with van der Waals surface area (Å²) < 4.78 is 5.80. The van der Waals surface area contributed by atoms with Crippen LogP contribution in [0, 0.1) is 0 Å². The number of hydrogen-bond donors (Lipinski definition) is 1. The highest BCUT2D eigenvalue weighted by Gasteiger charge is 2.35. The van der Waals surface area contributed by atoms with Crippen LogP contribution >= 0.6 is 11.6 Å². The number of carbonyl (C=O) groups excluding carboxylic acids is 1. The van der Waals surface area contributed by atoms with Crippen LogP contribution < -0.4 is 4.74 Å². The molecule has 1 amide bonds. The summed E-state index contributed by atoms with van der Waals surface area (Å²) in [6.07, 6.45) is 3.68. The average Bonchev–Trinajstić information content (AvgIpc) is 3.23. The number of ether oxygens (including phenoxy) is 1. The van der Waals surface area contributed by atoms with E-state index in [0.29, 0.717) is 10.8 Å². The van der Waals surface area contributed by atoms with Gasteiger partial charge in [-0.05, 0) is 57.4 Å². The molecule has 1 N–H and O–H groups in total. The van der Waals surface area contributed by atoms with Gasteiger partial charge >= 0.3 is 0 Å². The van der Waals surface area contributed by atoms with E-state index in [2.05, 4.69) is 4.90 Å². The van der Waals surface area contributed by atoms with Gasteiger partial charge in [-0.15, -0.1) is 0 Å². The zero-order valence-corrected chi connectivity index (χ0v) is 15.5. The van der Waals surface area contributed by atoms with Crippen molar-refractivity contribution >= 4 is 17.5 Å². The molecule has 0 aromatic heterocycles. The molecule has 1 aromatic rings. The highest BCUT2D eigenvalue weighted by molar-refractivity contribution is 6.30. The normalized spacial score (nSPS) is 25.3. The number of likely N-dealkylation sites (tertiary alicyclic amines) is 2. The van der Waals surface area contributed by atoms with Crippen molar-refractivity contribution in [2.24, 2.45) is 0 Å². The maximum absolute atomic E-state index is 12.9. The second-order valence-electron chi connectivity index (χ2n) is 7.02. The molecule has 0 aliphatic carbocycles. The van der Waals surface area contributed by atoms with Gasteiger partial charge in [0.15, 0.2) is 6.10 Å². The molecule has 0 radical (unpaired) electrons. The van der Waals surface area contributed by atoms with E-state index < -0.39 is 6.10 Å². The highest BCUT2D eigenvalue weighted by atomic mass is 35.5. The number of benzene rings is 1. The maximum Gasteiger partial charge on any atom is 0.263 e. The third kappa shape index (κ3) is 4.46. The molecule has 2 heterocycles. The number of rotatable bonds is 6. The van der Waals surface area contributed by atoms with E-state index in [1.54, 1.807) is 19.1 Å². The first-order chi connectivity index (χ1) is 12.1. The van der Waals surface area contributed by atoms with E-state index in [4.69, 9.17) is 16.3 Å². The van der Waals surface area contributed by atoms with Crippen LogP contribution in [-0.2, 0) is 4.79 Å². The van der Waals surface area contributed by atoms with Crippen LogP contribution in [0.15, 0.2) is 24.3 Å². The van der Waals surface area contributed by atoms with Crippen molar-refractivity contribution < 1.29 is 14.6 Å². The number of amides is 1. The summed E-state index contributed by atoms with van der Waals surface area (Å²) in [5.74, 6) is 0.645. The minimum atomic E-state index is -0.536. The number of halogens is 1. The van der Waals surface area contributed by atoms with E-state index >= 15 is 0 Å². The van der Waals surface area contributed by atoms with Gasteiger partial charge in [0.05, 0.1) is 6.61 Å². The second-order valence-corrected chi connectivity index (χ2v) is 7.46. The fourth-order valence-electron chi connectivity index (χ4n) is 3.96. The van der Waals surface area contributed by atoms with Gasteiger partial charge < -0.3 is 14.7 Å². The zero-order valence-electron chi connectivity index (χ0n) is 14.7. The van der Waals surface area contributed by atoms with Gasteiger partial charge in [0.25, 0.3) is 5.91 Å². The summed E-state index contributed by atoms with van der Waals surface area (Å²) in [4.78, 5) is 17.2. The van der Waals surface area contributed by atoms with Crippen molar-refractivity contribution in [3.8, 4) is 5.75 Å². The minimum Gasteiger partial charge on any atom is -0.481 e. The summed E-state index contributed by atoms with van der Waals surface area (Å²) in [5.41, 5.74) is 0. The smallest absolute Gasteiger partial charge is 0.263 e. The van der Waals surface area contributed by atoms with Crippen LogP contribution in [0.3, 0.4) is 0 Å². The fourth-order valence-corrected chi connectivity index (χ4v) is 4.14. The molecule has 0 bridgehead atoms. The molecule has 2 saturated heterocycles. The number of carbonyl (C=O) groups is 1. The average molecular weight is 367 g/mol. The molecule has 2 aliphatic heterocycles. The molecular weight excluding hydrogens is 340 g/mol. The topological polar surface area (TPSA) is 53.0 Å². The highest BCUT2D eigenvalue weighted by Crippen LogP contribution is 2.25. The molecule has 3 rings (SSSR count). The Labute approximate surface area is 154 Å². The monoisotopic (exact) mass is 366 g/mol. The van der Waals surface area contributed by atoms with Crippen LogP contribution in [-0.4, -0.2) is 65.2 Å². The summed E-state index contributed by atoms with van der Waals surface area (Å²) >= 11 is 5.98. The van der Waals surface area contributed by atoms with Crippen LogP contribution in [0.4, 0.5) is 0 Å². The Bertz CT molecular complexity index is 598. The Balaban J connectivity index is 1.60. The number of aliphatic hydroxyl groups is 1. The standard InChI is InChI=1S/C19H27ClN2O3/c1-14(25-18-8-2-5-15(20)11-18)19(24)22-10-4-6-16(22)12-21-9-3-7-17(21)13-23/h2,5,8,11,14,16-17,23H,3-4,6-7,9-10,12-13H2,1H3. The molecule has 2 fully saturated rings. The molecule has 2 aliphatic rings. The second kappa shape index (κ2) is 8.39. The van der Waals surface area contributed by atoms with Gasteiger partial charge in [-0.3, -0.25) is 9.69 Å². The Morgan fingerprint density at radius 1 is 1.32 bits per heavy atom. The molecule has 1 aromatic carbocycles. The van der Waals surface area contributed by atoms with Crippen molar-refractivity contribution in [2.45, 2.75) is 50.8 Å². The van der Waals surface area contributed by atoms with Gasteiger partial charge in [-0.25, -0.2) is 0 Å². The molecule has 6 heteroatoms. The number of aliphatic hydroxyl groups excluding tert-OH is 1. The van der Waals surface area contributed by atoms with E-state index in [1.165, 1.54) is 0 Å². The lowest BCUT2D eigenvalue weighted by Crippen LogP contribution is -2.48. The first kappa shape index (κ1) is 18.5. The molecule has 3 unspecified atom stereocenters. The Hall–Kier alpha value is -1.30. The van der Waals surface area contributed by atoms with Crippen molar-refractivity contribution in [3.63, 3.8) is 0 Å². The SMILES string of the molecule is CC(Oc1cccc(Cl)c1)C(=O)N1CCCC1CN1CCCC1CO. The van der Waals surface area contributed by atoms with E-state index in [1.807, 2.05) is 17.0 Å². The van der Waals surface area contributed by atoms with Crippen molar-refractivity contribution in [1.29, 1.82) is 0 Å². The van der Waals surface area contributed by atoms with Crippen LogP contribution in [0.25, 0.3) is 0 Å². The first-order valence-corrected chi connectivity index (χ1v) is 9.54. The van der Waals surface area contributed by atoms with Crippen molar-refractivity contribution in [3.05, 3.63) is 29.3 Å². The van der Waals surface area contributed by atoms with Crippen molar-refractivity contribution in [2.75, 3.05) is 26.2 Å². The summed E-state index contributed by atoms with van der Waals surface area (Å²) in [7, 11) is 0. The summed E-state index contributed by atoms with van der Waals surface area (Å²) in [5, 5.41) is 10.1. The van der Waals surface area contributed by atoms with Gasteiger partial charge in [0.2, 0.25) is 0 Å². The van der Waals surface area contributed by atoms with E-state index in [-0.39, 0.29) is 24.6 Å². The molecule has 25 heavy (non-hydrogen) atoms. The number of hydrogen-bond acceptors (Lipinski definition) is 4. The number of nitrogens with zero attached hydrogens (tertiary/aromatic N) is 2. The molecule has 138 valence electrons. The van der Waals surface area contributed by atoms with Crippen LogP contribution in [0.1, 0.15) is 32.6 Å². The van der Waals surface area contributed by atoms with E-state index in [9.17, 15) is 9.90 Å². The Morgan fingerprint density at radius 2 is 2.08 bits per heavy atom. The fraction of sp³-hybridized carbons (Fsp3) is 0.632. The molecule has 5 nitrogen and oxygen atoms in total. The minimum absolute atomic E-state index is 0.0298. The predicted octanol–water partition coefficient (Wildman–Crippen LogP) is 2.56. The largest absolute Gasteiger partial charge is 0.481 e. The van der Waals surface area contributed by atoms with Gasteiger partial charge in [0, 0.05) is 30.2 Å². The van der Waals surface area contributed by atoms with Crippen LogP contribution in [0.5, 0.6) is 5.75 Å². The lowest BCUT2D eigenvalue weighted by molar-refractivity contribution is -0.139. The third-order valence-electron chi connectivity index (χ3n) is 5.27. The van der Waals surface area contributed by atoms with Crippen molar-refractivity contribution in [1.82, 2.24) is 9.80 Å². The lowest BCUT2D eigenvalue weighted by Gasteiger charge is -2.32. The molecule has 0 saturated carbocycles. The third-order valence-corrected chi connectivity index (χ3v) is 5.51. The van der Waals surface area contributed by atoms with E-state index in [0.717, 1.165) is 45.3 Å². The summed E-state index contributed by atoms with van der Waals surface area (Å²) in [6, 6.07) is 7.60. The van der Waals surface area contributed by atoms with Gasteiger partial charge in [-0.2, -0.15) is 0 Å². The summed E-state index contributed by atoms with van der Waals surface area (Å²) in [6.45, 7) is 4.64. The Kier molecular flexibility index (Phi) is 6.20. The quantitative estimate of drug-likeness (QED) is 0.840. The Morgan fingerprint density at radius 3 is 2.84 bits per heavy atom. The maximum atomic E-state index is 12.9. The zero-order chi connectivity index (χ0) is 17.8. The van der Waals surface area contributed by atoms with Gasteiger partial charge in [-0.1, -0.05) is 17.7 Å². The molecule has 3 atom stereocenters. The van der Waals surface area contributed by atoms with Gasteiger partial charge in [0.1, 0.15) is 5.75 Å².